The van der Waals surface area contributed by atoms with E-state index in [-0.39, 0.29) is 17.9 Å². The number of amides is 2. The summed E-state index contributed by atoms with van der Waals surface area (Å²) in [6, 6.07) is 6.81. The third-order valence-electron chi connectivity index (χ3n) is 4.34. The average molecular weight is 308 g/mol. The maximum absolute atomic E-state index is 13.9. The van der Waals surface area contributed by atoms with Gasteiger partial charge in [-0.3, -0.25) is 0 Å². The third-order valence-corrected chi connectivity index (χ3v) is 4.34. The molecule has 1 atom stereocenters. The standard InChI is InChI=1S/C18H29FN2O/c1-7-21(14(4)13(2)3)17(22)20-12-18(5,6)15-10-8-9-11-16(15)19/h8-11,13-14H,7,12H2,1-6H3,(H,20,22). The molecule has 0 aliphatic carbocycles. The molecular weight excluding hydrogens is 279 g/mol. The zero-order chi connectivity index (χ0) is 16.9. The number of hydrogen-bond donors (Lipinski definition) is 1. The third kappa shape index (κ3) is 4.46. The van der Waals surface area contributed by atoms with Gasteiger partial charge in [-0.05, 0) is 31.4 Å². The summed E-state index contributed by atoms with van der Waals surface area (Å²) < 4.78 is 13.9. The molecule has 1 aromatic rings. The first-order valence-corrected chi connectivity index (χ1v) is 8.00. The molecule has 0 bridgehead atoms. The van der Waals surface area contributed by atoms with Crippen molar-refractivity contribution in [3.05, 3.63) is 35.6 Å². The van der Waals surface area contributed by atoms with Crippen molar-refractivity contribution < 1.29 is 9.18 Å². The van der Waals surface area contributed by atoms with E-state index in [2.05, 4.69) is 26.1 Å². The fraction of sp³-hybridized carbons (Fsp3) is 0.611. The number of hydrogen-bond acceptors (Lipinski definition) is 1. The Labute approximate surface area is 133 Å². The highest BCUT2D eigenvalue weighted by atomic mass is 19.1. The van der Waals surface area contributed by atoms with Gasteiger partial charge >= 0.3 is 6.03 Å². The van der Waals surface area contributed by atoms with E-state index in [1.165, 1.54) is 6.07 Å². The van der Waals surface area contributed by atoms with Crippen LogP contribution in [0.4, 0.5) is 9.18 Å². The molecule has 0 aliphatic rings. The number of nitrogens with zero attached hydrogens (tertiary/aromatic N) is 1. The predicted octanol–water partition coefficient (Wildman–Crippen LogP) is 4.18. The van der Waals surface area contributed by atoms with E-state index in [4.69, 9.17) is 0 Å². The molecule has 1 N–H and O–H groups in total. The van der Waals surface area contributed by atoms with Gasteiger partial charge in [-0.25, -0.2) is 9.18 Å². The molecule has 1 unspecified atom stereocenters. The molecule has 0 spiro atoms. The smallest absolute Gasteiger partial charge is 0.317 e. The Morgan fingerprint density at radius 3 is 2.36 bits per heavy atom. The van der Waals surface area contributed by atoms with E-state index in [0.717, 1.165) is 0 Å². The van der Waals surface area contributed by atoms with Crippen molar-refractivity contribution in [2.45, 2.75) is 53.0 Å². The normalized spacial score (nSPS) is 13.1. The van der Waals surface area contributed by atoms with E-state index in [1.54, 1.807) is 12.1 Å². The quantitative estimate of drug-likeness (QED) is 0.840. The first kappa shape index (κ1) is 18.5. The van der Waals surface area contributed by atoms with Gasteiger partial charge in [0.2, 0.25) is 0 Å². The maximum Gasteiger partial charge on any atom is 0.317 e. The summed E-state index contributed by atoms with van der Waals surface area (Å²) in [6.07, 6.45) is 0. The van der Waals surface area contributed by atoms with Crippen LogP contribution in [0.25, 0.3) is 0 Å². The van der Waals surface area contributed by atoms with Gasteiger partial charge in [0.15, 0.2) is 0 Å². The monoisotopic (exact) mass is 308 g/mol. The van der Waals surface area contributed by atoms with Crippen molar-refractivity contribution in [1.29, 1.82) is 0 Å². The van der Waals surface area contributed by atoms with Crippen molar-refractivity contribution in [2.24, 2.45) is 5.92 Å². The van der Waals surface area contributed by atoms with Crippen LogP contribution in [0.3, 0.4) is 0 Å². The van der Waals surface area contributed by atoms with Crippen LogP contribution >= 0.6 is 0 Å². The predicted molar refractivity (Wildman–Crippen MR) is 89.5 cm³/mol. The topological polar surface area (TPSA) is 32.3 Å². The average Bonchev–Trinajstić information content (AvgIpc) is 2.46. The number of rotatable bonds is 6. The lowest BCUT2D eigenvalue weighted by atomic mass is 9.84. The Kier molecular flexibility index (Phi) is 6.39. The van der Waals surface area contributed by atoms with E-state index in [1.807, 2.05) is 31.7 Å². The van der Waals surface area contributed by atoms with Crippen molar-refractivity contribution in [2.75, 3.05) is 13.1 Å². The molecule has 124 valence electrons. The lowest BCUT2D eigenvalue weighted by Gasteiger charge is -2.33. The minimum absolute atomic E-state index is 0.0897. The zero-order valence-electron chi connectivity index (χ0n) is 14.6. The van der Waals surface area contributed by atoms with Crippen LogP contribution in [0, 0.1) is 11.7 Å². The highest BCUT2D eigenvalue weighted by molar-refractivity contribution is 5.74. The van der Waals surface area contributed by atoms with Gasteiger partial charge in [-0.1, -0.05) is 45.9 Å². The van der Waals surface area contributed by atoms with Crippen molar-refractivity contribution in [3.63, 3.8) is 0 Å². The molecule has 22 heavy (non-hydrogen) atoms. The maximum atomic E-state index is 13.9. The van der Waals surface area contributed by atoms with Gasteiger partial charge in [-0.15, -0.1) is 0 Å². The van der Waals surface area contributed by atoms with Gasteiger partial charge in [0.1, 0.15) is 5.82 Å². The molecule has 0 saturated carbocycles. The van der Waals surface area contributed by atoms with Gasteiger partial charge in [0.25, 0.3) is 0 Å². The summed E-state index contributed by atoms with van der Waals surface area (Å²) in [4.78, 5) is 14.2. The SMILES string of the molecule is CCN(C(=O)NCC(C)(C)c1ccccc1F)C(C)C(C)C. The van der Waals surface area contributed by atoms with Crippen LogP contribution in [0.5, 0.6) is 0 Å². The Balaban J connectivity index is 2.75. The lowest BCUT2D eigenvalue weighted by Crippen LogP contribution is -2.49. The minimum atomic E-state index is -0.457. The second-order valence-corrected chi connectivity index (χ2v) is 6.79. The second kappa shape index (κ2) is 7.61. The molecule has 0 radical (unpaired) electrons. The first-order valence-electron chi connectivity index (χ1n) is 8.00. The molecule has 3 nitrogen and oxygen atoms in total. The molecule has 0 fully saturated rings. The molecule has 0 heterocycles. The fourth-order valence-electron chi connectivity index (χ4n) is 2.48. The lowest BCUT2D eigenvalue weighted by molar-refractivity contribution is 0.164. The summed E-state index contributed by atoms with van der Waals surface area (Å²) in [5.74, 6) is 0.162. The van der Waals surface area contributed by atoms with Crippen LogP contribution in [-0.2, 0) is 5.41 Å². The summed E-state index contributed by atoms with van der Waals surface area (Å²) in [6.45, 7) is 13.2. The van der Waals surface area contributed by atoms with Gasteiger partial charge in [-0.2, -0.15) is 0 Å². The minimum Gasteiger partial charge on any atom is -0.337 e. The second-order valence-electron chi connectivity index (χ2n) is 6.79. The van der Waals surface area contributed by atoms with Crippen molar-refractivity contribution in [1.82, 2.24) is 10.2 Å². The van der Waals surface area contributed by atoms with Gasteiger partial charge in [0, 0.05) is 24.5 Å². The van der Waals surface area contributed by atoms with Gasteiger partial charge < -0.3 is 10.2 Å². The molecule has 4 heteroatoms. The Morgan fingerprint density at radius 1 is 1.27 bits per heavy atom. The van der Waals surface area contributed by atoms with Crippen LogP contribution < -0.4 is 5.32 Å². The molecule has 0 aromatic heterocycles. The van der Waals surface area contributed by atoms with Crippen LogP contribution in [-0.4, -0.2) is 30.1 Å². The largest absolute Gasteiger partial charge is 0.337 e. The molecule has 1 aromatic carbocycles. The highest BCUT2D eigenvalue weighted by Gasteiger charge is 2.27. The number of carbonyl (C=O) groups excluding carboxylic acids is 1. The van der Waals surface area contributed by atoms with Crippen LogP contribution in [0.15, 0.2) is 24.3 Å². The number of benzene rings is 1. The summed E-state index contributed by atoms with van der Waals surface area (Å²) in [5.41, 5.74) is 0.164. The van der Waals surface area contributed by atoms with E-state index < -0.39 is 5.41 Å². The van der Waals surface area contributed by atoms with E-state index >= 15 is 0 Å². The summed E-state index contributed by atoms with van der Waals surface area (Å²) in [7, 11) is 0. The number of carbonyl (C=O) groups is 1. The molecule has 0 aliphatic heterocycles. The summed E-state index contributed by atoms with van der Waals surface area (Å²) in [5, 5.41) is 2.96. The fourth-order valence-corrected chi connectivity index (χ4v) is 2.48. The first-order chi connectivity index (χ1) is 10.2. The molecule has 1 rings (SSSR count). The zero-order valence-corrected chi connectivity index (χ0v) is 14.6. The Hall–Kier alpha value is -1.58. The Morgan fingerprint density at radius 2 is 1.86 bits per heavy atom. The van der Waals surface area contributed by atoms with E-state index in [9.17, 15) is 9.18 Å². The number of halogens is 1. The number of urea groups is 1. The van der Waals surface area contributed by atoms with E-state index in [0.29, 0.717) is 24.6 Å². The van der Waals surface area contributed by atoms with Crippen LogP contribution in [0.2, 0.25) is 0 Å². The Bertz CT molecular complexity index is 500. The molecular formula is C18H29FN2O. The molecule has 0 saturated heterocycles. The molecule has 2 amide bonds. The van der Waals surface area contributed by atoms with Crippen molar-refractivity contribution >= 4 is 6.03 Å². The van der Waals surface area contributed by atoms with Crippen molar-refractivity contribution in [3.8, 4) is 0 Å². The van der Waals surface area contributed by atoms with Gasteiger partial charge in [0.05, 0.1) is 0 Å². The van der Waals surface area contributed by atoms with Crippen LogP contribution in [0.1, 0.15) is 47.1 Å². The number of nitrogens with one attached hydrogen (secondary N) is 1. The summed E-state index contributed by atoms with van der Waals surface area (Å²) >= 11 is 0. The highest BCUT2D eigenvalue weighted by Crippen LogP contribution is 2.25.